The van der Waals surface area contributed by atoms with E-state index >= 15 is 0 Å². The van der Waals surface area contributed by atoms with E-state index < -0.39 is 0 Å². The Balaban J connectivity index is 1.09. The molecule has 0 aliphatic carbocycles. The van der Waals surface area contributed by atoms with Crippen molar-refractivity contribution in [1.82, 2.24) is 9.88 Å². The van der Waals surface area contributed by atoms with Crippen molar-refractivity contribution in [3.05, 3.63) is 94.8 Å². The third kappa shape index (κ3) is 6.33. The molecule has 2 heterocycles. The lowest BCUT2D eigenvalue weighted by Crippen LogP contribution is -2.48. The highest BCUT2D eigenvalue weighted by Gasteiger charge is 2.23. The zero-order chi connectivity index (χ0) is 25.6. The maximum Gasteiger partial charge on any atom is 0.255 e. The molecule has 1 fully saturated rings. The van der Waals surface area contributed by atoms with Crippen LogP contribution in [0.4, 0.5) is 11.4 Å². The Labute approximate surface area is 229 Å². The number of benzene rings is 3. The number of piperazine rings is 1. The second-order valence-electron chi connectivity index (χ2n) is 8.51. The SMILES string of the molecule is O=C(CSc1nc(-c2ccccc2)cs1)Nc1ccc(N2CCN(C(=O)c3ccccc3Cl)CC2)cc1. The van der Waals surface area contributed by atoms with Gasteiger partial charge in [0.2, 0.25) is 5.91 Å². The molecule has 1 saturated heterocycles. The first kappa shape index (κ1) is 25.3. The number of halogens is 1. The van der Waals surface area contributed by atoms with Gasteiger partial charge in [-0.2, -0.15) is 0 Å². The number of thiazole rings is 1. The Morgan fingerprint density at radius 2 is 1.62 bits per heavy atom. The van der Waals surface area contributed by atoms with Crippen molar-refractivity contribution in [2.45, 2.75) is 4.34 Å². The van der Waals surface area contributed by atoms with Crippen LogP contribution >= 0.6 is 34.7 Å². The fourth-order valence-corrected chi connectivity index (χ4v) is 5.97. The van der Waals surface area contributed by atoms with Crippen LogP contribution in [0.25, 0.3) is 11.3 Å². The minimum absolute atomic E-state index is 0.0322. The summed E-state index contributed by atoms with van der Waals surface area (Å²) in [5.41, 5.74) is 4.36. The summed E-state index contributed by atoms with van der Waals surface area (Å²) < 4.78 is 0.872. The van der Waals surface area contributed by atoms with Gasteiger partial charge in [-0.3, -0.25) is 9.59 Å². The molecule has 9 heteroatoms. The molecule has 1 aliphatic rings. The van der Waals surface area contributed by atoms with Gasteiger partial charge in [0.25, 0.3) is 5.91 Å². The molecule has 0 bridgehead atoms. The zero-order valence-corrected chi connectivity index (χ0v) is 22.4. The summed E-state index contributed by atoms with van der Waals surface area (Å²) in [6, 6.07) is 25.0. The number of hydrogen-bond acceptors (Lipinski definition) is 6. The fraction of sp³-hybridized carbons (Fsp3) is 0.179. The van der Waals surface area contributed by atoms with Crippen molar-refractivity contribution in [2.24, 2.45) is 0 Å². The van der Waals surface area contributed by atoms with Crippen molar-refractivity contribution in [3.63, 3.8) is 0 Å². The van der Waals surface area contributed by atoms with Gasteiger partial charge >= 0.3 is 0 Å². The van der Waals surface area contributed by atoms with E-state index in [0.717, 1.165) is 40.1 Å². The minimum Gasteiger partial charge on any atom is -0.368 e. The first-order chi connectivity index (χ1) is 18.1. The van der Waals surface area contributed by atoms with Gasteiger partial charge in [0.1, 0.15) is 0 Å². The summed E-state index contributed by atoms with van der Waals surface area (Å²) in [5, 5.41) is 5.46. The molecular weight excluding hydrogens is 524 g/mol. The molecule has 188 valence electrons. The smallest absolute Gasteiger partial charge is 0.255 e. The number of thioether (sulfide) groups is 1. The van der Waals surface area contributed by atoms with E-state index in [0.29, 0.717) is 29.4 Å². The Bertz CT molecular complexity index is 1370. The molecule has 2 amide bonds. The molecule has 0 spiro atoms. The molecule has 4 aromatic rings. The van der Waals surface area contributed by atoms with E-state index in [-0.39, 0.29) is 11.8 Å². The summed E-state index contributed by atoms with van der Waals surface area (Å²) in [6.07, 6.45) is 0. The number of aromatic nitrogens is 1. The molecule has 0 unspecified atom stereocenters. The van der Waals surface area contributed by atoms with Gasteiger partial charge in [0.15, 0.2) is 4.34 Å². The van der Waals surface area contributed by atoms with E-state index in [9.17, 15) is 9.59 Å². The van der Waals surface area contributed by atoms with Crippen molar-refractivity contribution in [2.75, 3.05) is 42.1 Å². The zero-order valence-electron chi connectivity index (χ0n) is 20.0. The van der Waals surface area contributed by atoms with E-state index in [2.05, 4.69) is 15.2 Å². The van der Waals surface area contributed by atoms with Gasteiger partial charge < -0.3 is 15.1 Å². The first-order valence-corrected chi connectivity index (χ1v) is 14.1. The molecular formula is C28H25ClN4O2S2. The molecule has 1 aromatic heterocycles. The summed E-state index contributed by atoms with van der Waals surface area (Å²) in [5.74, 6) is 0.196. The van der Waals surface area contributed by atoms with E-state index in [1.54, 1.807) is 23.5 Å². The minimum atomic E-state index is -0.0686. The van der Waals surface area contributed by atoms with Crippen molar-refractivity contribution >= 4 is 57.9 Å². The molecule has 6 nitrogen and oxygen atoms in total. The average Bonchev–Trinajstić information content (AvgIpc) is 3.42. The lowest BCUT2D eigenvalue weighted by atomic mass is 10.1. The van der Waals surface area contributed by atoms with Crippen LogP contribution in [-0.2, 0) is 4.79 Å². The maximum atomic E-state index is 12.8. The van der Waals surface area contributed by atoms with Crippen molar-refractivity contribution in [1.29, 1.82) is 0 Å². The summed E-state index contributed by atoms with van der Waals surface area (Å²) in [4.78, 5) is 34.0. The Kier molecular flexibility index (Phi) is 8.08. The second-order valence-corrected chi connectivity index (χ2v) is 11.0. The predicted molar refractivity (Wildman–Crippen MR) is 153 cm³/mol. The lowest BCUT2D eigenvalue weighted by Gasteiger charge is -2.36. The van der Waals surface area contributed by atoms with Gasteiger partial charge in [-0.05, 0) is 36.4 Å². The molecule has 3 aromatic carbocycles. The summed E-state index contributed by atoms with van der Waals surface area (Å²) >= 11 is 9.18. The number of nitrogens with zero attached hydrogens (tertiary/aromatic N) is 3. The topological polar surface area (TPSA) is 65.5 Å². The van der Waals surface area contributed by atoms with E-state index in [1.807, 2.05) is 77.0 Å². The molecule has 5 rings (SSSR count). The summed E-state index contributed by atoms with van der Waals surface area (Å²) in [7, 11) is 0. The third-order valence-electron chi connectivity index (χ3n) is 6.07. The first-order valence-electron chi connectivity index (χ1n) is 11.9. The number of amides is 2. The van der Waals surface area contributed by atoms with Crippen LogP contribution in [0.15, 0.2) is 88.6 Å². The highest BCUT2D eigenvalue weighted by Crippen LogP contribution is 2.28. The van der Waals surface area contributed by atoms with E-state index in [4.69, 9.17) is 11.6 Å². The largest absolute Gasteiger partial charge is 0.368 e. The summed E-state index contributed by atoms with van der Waals surface area (Å²) in [6.45, 7) is 2.72. The molecule has 0 saturated carbocycles. The molecule has 0 atom stereocenters. The second kappa shape index (κ2) is 11.8. The van der Waals surface area contributed by atoms with Gasteiger partial charge in [-0.1, -0.05) is 65.8 Å². The van der Waals surface area contributed by atoms with Gasteiger partial charge in [-0.25, -0.2) is 4.98 Å². The quantitative estimate of drug-likeness (QED) is 0.280. The molecule has 1 aliphatic heterocycles. The number of carbonyl (C=O) groups is 2. The van der Waals surface area contributed by atoms with E-state index in [1.165, 1.54) is 11.8 Å². The van der Waals surface area contributed by atoms with Gasteiger partial charge in [-0.15, -0.1) is 11.3 Å². The molecule has 37 heavy (non-hydrogen) atoms. The van der Waals surface area contributed by atoms with Crippen LogP contribution in [0.1, 0.15) is 10.4 Å². The number of nitrogens with one attached hydrogen (secondary N) is 1. The Morgan fingerprint density at radius 3 is 2.35 bits per heavy atom. The highest BCUT2D eigenvalue weighted by atomic mass is 35.5. The van der Waals surface area contributed by atoms with Gasteiger partial charge in [0, 0.05) is 48.5 Å². The normalized spacial score (nSPS) is 13.4. The van der Waals surface area contributed by atoms with Crippen LogP contribution < -0.4 is 10.2 Å². The monoisotopic (exact) mass is 548 g/mol. The number of carbonyl (C=O) groups excluding carboxylic acids is 2. The van der Waals surface area contributed by atoms with Crippen molar-refractivity contribution < 1.29 is 9.59 Å². The Hall–Kier alpha value is -3.33. The van der Waals surface area contributed by atoms with Crippen LogP contribution in [0.5, 0.6) is 0 Å². The fourth-order valence-electron chi connectivity index (χ4n) is 4.12. The van der Waals surface area contributed by atoms with Crippen LogP contribution in [0.2, 0.25) is 5.02 Å². The third-order valence-corrected chi connectivity index (χ3v) is 8.42. The maximum absolute atomic E-state index is 12.8. The standard InChI is InChI=1S/C28H25ClN4O2S2/c29-24-9-5-4-8-23(24)27(35)33-16-14-32(15-17-33)22-12-10-21(11-13-22)30-26(34)19-37-28-31-25(18-36-28)20-6-2-1-3-7-20/h1-13,18H,14-17,19H2,(H,30,34). The molecule has 1 N–H and O–H groups in total. The Morgan fingerprint density at radius 1 is 0.919 bits per heavy atom. The highest BCUT2D eigenvalue weighted by molar-refractivity contribution is 8.01. The number of hydrogen-bond donors (Lipinski definition) is 1. The lowest BCUT2D eigenvalue weighted by molar-refractivity contribution is -0.113. The van der Waals surface area contributed by atoms with Crippen LogP contribution in [0, 0.1) is 0 Å². The number of rotatable bonds is 7. The molecule has 0 radical (unpaired) electrons. The van der Waals surface area contributed by atoms with Crippen molar-refractivity contribution in [3.8, 4) is 11.3 Å². The predicted octanol–water partition coefficient (Wildman–Crippen LogP) is 6.16. The van der Waals surface area contributed by atoms with Crippen LogP contribution in [-0.4, -0.2) is 53.6 Å². The average molecular weight is 549 g/mol. The van der Waals surface area contributed by atoms with Crippen LogP contribution in [0.3, 0.4) is 0 Å². The van der Waals surface area contributed by atoms with Gasteiger partial charge in [0.05, 0.1) is 22.0 Å². The number of anilines is 2.